The minimum absolute atomic E-state index is 0.472. The van der Waals surface area contributed by atoms with E-state index in [0.29, 0.717) is 29.9 Å². The second-order valence-electron chi connectivity index (χ2n) is 3.81. The highest BCUT2D eigenvalue weighted by Gasteiger charge is 2.55. The predicted octanol–water partition coefficient (Wildman–Crippen LogP) is 1.21. The minimum Gasteiger partial charge on any atom is -0.495 e. The van der Waals surface area contributed by atoms with E-state index < -0.39 is 11.4 Å². The number of aliphatic carboxylic acids is 1. The molecular weight excluding hydrogens is 210 g/mol. The highest BCUT2D eigenvalue weighted by atomic mass is 16.5. The van der Waals surface area contributed by atoms with Crippen molar-refractivity contribution >= 4 is 5.97 Å². The molecule has 1 fully saturated rings. The number of rotatable bonds is 4. The molecule has 5 nitrogen and oxygen atoms in total. The largest absolute Gasteiger partial charge is 0.495 e. The monoisotopic (exact) mass is 223 g/mol. The molecular formula is C11H13NO4. The number of methoxy groups -OCH3 is 2. The molecule has 0 aromatic carbocycles. The normalized spacial score (nSPS) is 16.6. The lowest BCUT2D eigenvalue weighted by Gasteiger charge is -2.17. The number of carbonyl (C=O) groups is 1. The summed E-state index contributed by atoms with van der Waals surface area (Å²) in [5, 5.41) is 9.27. The van der Waals surface area contributed by atoms with Gasteiger partial charge >= 0.3 is 5.97 Å². The van der Waals surface area contributed by atoms with Crippen LogP contribution in [0.1, 0.15) is 18.4 Å². The molecule has 5 heteroatoms. The first-order valence-electron chi connectivity index (χ1n) is 4.95. The molecule has 1 heterocycles. The standard InChI is InChI=1S/C11H13NO4/c1-15-7-5-12-6-8(16-2)9(7)11(3-4-11)10(13)14/h5-6H,3-4H2,1-2H3,(H,13,14). The average molecular weight is 223 g/mol. The van der Waals surface area contributed by atoms with Crippen LogP contribution in [0.4, 0.5) is 0 Å². The lowest BCUT2D eigenvalue weighted by Crippen LogP contribution is -2.21. The summed E-state index contributed by atoms with van der Waals surface area (Å²) in [7, 11) is 3.00. The summed E-state index contributed by atoms with van der Waals surface area (Å²) in [4.78, 5) is 15.2. The number of carboxylic acid groups (broad SMARTS) is 1. The van der Waals surface area contributed by atoms with Gasteiger partial charge in [-0.2, -0.15) is 0 Å². The SMILES string of the molecule is COc1cncc(OC)c1C1(C(=O)O)CC1. The van der Waals surface area contributed by atoms with Gasteiger partial charge in [0.05, 0.1) is 32.2 Å². The van der Waals surface area contributed by atoms with E-state index in [9.17, 15) is 9.90 Å². The van der Waals surface area contributed by atoms with Crippen LogP contribution in [0.25, 0.3) is 0 Å². The van der Waals surface area contributed by atoms with E-state index in [1.165, 1.54) is 26.6 Å². The zero-order valence-electron chi connectivity index (χ0n) is 9.19. The van der Waals surface area contributed by atoms with E-state index in [1.807, 2.05) is 0 Å². The highest BCUT2D eigenvalue weighted by molar-refractivity contribution is 5.87. The maximum absolute atomic E-state index is 11.3. The van der Waals surface area contributed by atoms with Gasteiger partial charge in [-0.1, -0.05) is 0 Å². The fourth-order valence-corrected chi connectivity index (χ4v) is 1.90. The summed E-state index contributed by atoms with van der Waals surface area (Å²) < 4.78 is 10.3. The second-order valence-corrected chi connectivity index (χ2v) is 3.81. The predicted molar refractivity (Wildman–Crippen MR) is 55.9 cm³/mol. The van der Waals surface area contributed by atoms with Gasteiger partial charge in [-0.15, -0.1) is 0 Å². The Morgan fingerprint density at radius 3 is 2.12 bits per heavy atom. The van der Waals surface area contributed by atoms with Gasteiger partial charge in [0.25, 0.3) is 0 Å². The second kappa shape index (κ2) is 3.66. The minimum atomic E-state index is -0.848. The molecule has 1 aromatic heterocycles. The first-order chi connectivity index (χ1) is 7.65. The van der Waals surface area contributed by atoms with E-state index >= 15 is 0 Å². The summed E-state index contributed by atoms with van der Waals surface area (Å²) in [5.74, 6) is 0.105. The van der Waals surface area contributed by atoms with Crippen LogP contribution in [0, 0.1) is 0 Å². The Balaban J connectivity index is 2.57. The van der Waals surface area contributed by atoms with Crippen molar-refractivity contribution < 1.29 is 19.4 Å². The van der Waals surface area contributed by atoms with Crippen molar-refractivity contribution in [1.82, 2.24) is 4.98 Å². The molecule has 2 rings (SSSR count). The molecule has 1 aliphatic carbocycles. The molecule has 0 aliphatic heterocycles. The number of pyridine rings is 1. The molecule has 0 atom stereocenters. The van der Waals surface area contributed by atoms with Crippen molar-refractivity contribution in [2.24, 2.45) is 0 Å². The van der Waals surface area contributed by atoms with Crippen LogP contribution in [0.2, 0.25) is 0 Å². The molecule has 0 spiro atoms. The fourth-order valence-electron chi connectivity index (χ4n) is 1.90. The number of nitrogens with zero attached hydrogens (tertiary/aromatic N) is 1. The lowest BCUT2D eigenvalue weighted by atomic mass is 9.95. The lowest BCUT2D eigenvalue weighted by molar-refractivity contribution is -0.140. The van der Waals surface area contributed by atoms with E-state index in [0.717, 1.165) is 0 Å². The first-order valence-corrected chi connectivity index (χ1v) is 4.95. The molecule has 1 aromatic rings. The van der Waals surface area contributed by atoms with Gasteiger partial charge in [-0.25, -0.2) is 0 Å². The number of aromatic nitrogens is 1. The van der Waals surface area contributed by atoms with Crippen LogP contribution in [0.3, 0.4) is 0 Å². The van der Waals surface area contributed by atoms with Crippen LogP contribution in [-0.4, -0.2) is 30.3 Å². The number of ether oxygens (including phenoxy) is 2. The Kier molecular flexibility index (Phi) is 2.46. The maximum atomic E-state index is 11.3. The Labute approximate surface area is 93.0 Å². The number of carboxylic acids is 1. The Morgan fingerprint density at radius 1 is 1.31 bits per heavy atom. The van der Waals surface area contributed by atoms with Gasteiger partial charge in [-0.3, -0.25) is 9.78 Å². The van der Waals surface area contributed by atoms with Crippen molar-refractivity contribution in [3.63, 3.8) is 0 Å². The van der Waals surface area contributed by atoms with Crippen LogP contribution >= 0.6 is 0 Å². The molecule has 0 bridgehead atoms. The number of hydrogen-bond acceptors (Lipinski definition) is 4. The summed E-state index contributed by atoms with van der Waals surface area (Å²) >= 11 is 0. The smallest absolute Gasteiger partial charge is 0.314 e. The molecule has 0 amide bonds. The van der Waals surface area contributed by atoms with Crippen molar-refractivity contribution in [2.75, 3.05) is 14.2 Å². The molecule has 86 valence electrons. The first kappa shape index (κ1) is 10.7. The summed E-state index contributed by atoms with van der Waals surface area (Å²) in [6.07, 6.45) is 4.25. The van der Waals surface area contributed by atoms with Gasteiger partial charge in [-0.05, 0) is 12.8 Å². The topological polar surface area (TPSA) is 68.7 Å². The van der Waals surface area contributed by atoms with Crippen molar-refractivity contribution in [2.45, 2.75) is 18.3 Å². The summed E-state index contributed by atoms with van der Waals surface area (Å²) in [6.45, 7) is 0. The zero-order valence-corrected chi connectivity index (χ0v) is 9.19. The quantitative estimate of drug-likeness (QED) is 0.831. The molecule has 0 unspecified atom stereocenters. The molecule has 0 saturated heterocycles. The third-order valence-electron chi connectivity index (χ3n) is 2.95. The number of hydrogen-bond donors (Lipinski definition) is 1. The Bertz CT molecular complexity index is 404. The highest BCUT2D eigenvalue weighted by Crippen LogP contribution is 2.54. The Morgan fingerprint density at radius 2 is 1.81 bits per heavy atom. The molecule has 1 saturated carbocycles. The van der Waals surface area contributed by atoms with Gasteiger partial charge in [0.1, 0.15) is 16.9 Å². The molecule has 16 heavy (non-hydrogen) atoms. The maximum Gasteiger partial charge on any atom is 0.314 e. The summed E-state index contributed by atoms with van der Waals surface area (Å²) in [6, 6.07) is 0. The molecule has 0 radical (unpaired) electrons. The Hall–Kier alpha value is -1.78. The van der Waals surface area contributed by atoms with Crippen molar-refractivity contribution in [3.05, 3.63) is 18.0 Å². The fraction of sp³-hybridized carbons (Fsp3) is 0.455. The molecule has 1 aliphatic rings. The van der Waals surface area contributed by atoms with Crippen LogP contribution in [0.5, 0.6) is 11.5 Å². The van der Waals surface area contributed by atoms with Crippen LogP contribution in [0.15, 0.2) is 12.4 Å². The van der Waals surface area contributed by atoms with Crippen LogP contribution in [-0.2, 0) is 10.2 Å². The third-order valence-corrected chi connectivity index (χ3v) is 2.95. The van der Waals surface area contributed by atoms with Crippen molar-refractivity contribution in [3.8, 4) is 11.5 Å². The van der Waals surface area contributed by atoms with Gasteiger partial charge < -0.3 is 14.6 Å². The summed E-state index contributed by atoms with van der Waals surface area (Å²) in [5.41, 5.74) is -0.250. The van der Waals surface area contributed by atoms with E-state index in [4.69, 9.17) is 9.47 Å². The van der Waals surface area contributed by atoms with E-state index in [1.54, 1.807) is 0 Å². The molecule has 1 N–H and O–H groups in total. The van der Waals surface area contributed by atoms with E-state index in [-0.39, 0.29) is 0 Å². The zero-order chi connectivity index (χ0) is 11.8. The van der Waals surface area contributed by atoms with Gasteiger partial charge in [0, 0.05) is 0 Å². The van der Waals surface area contributed by atoms with E-state index in [2.05, 4.69) is 4.98 Å². The van der Waals surface area contributed by atoms with Crippen LogP contribution < -0.4 is 9.47 Å². The van der Waals surface area contributed by atoms with Gasteiger partial charge in [0.15, 0.2) is 0 Å². The van der Waals surface area contributed by atoms with Gasteiger partial charge in [0.2, 0.25) is 0 Å². The third kappa shape index (κ3) is 1.39. The van der Waals surface area contributed by atoms with Crippen molar-refractivity contribution in [1.29, 1.82) is 0 Å². The average Bonchev–Trinajstić information content (AvgIpc) is 3.09.